The molecule has 4 aliphatic heterocycles. The predicted octanol–water partition coefficient (Wildman–Crippen LogP) is 1.02. The highest BCUT2D eigenvalue weighted by Gasteiger charge is 2.45. The third kappa shape index (κ3) is 7.35. The maximum absolute atomic E-state index is 13.1. The Morgan fingerprint density at radius 2 is 1.55 bits per heavy atom. The molecule has 0 bridgehead atoms. The molecule has 3 saturated heterocycles. The number of anilines is 1. The lowest BCUT2D eigenvalue weighted by molar-refractivity contribution is -0.136. The number of fused-ring (bicyclic) bond motifs is 1. The number of carbonyl (C=O) groups excluding carboxylic acids is 4. The van der Waals surface area contributed by atoms with E-state index in [2.05, 4.69) is 20.9 Å². The fourth-order valence-corrected chi connectivity index (χ4v) is 6.36. The first-order valence-electron chi connectivity index (χ1n) is 15.2. The molecule has 4 amide bonds. The van der Waals surface area contributed by atoms with E-state index in [1.165, 1.54) is 51.9 Å². The Kier molecular flexibility index (Phi) is 10.6. The summed E-state index contributed by atoms with van der Waals surface area (Å²) >= 11 is 0. The standard InChI is InChI=1S/C30H43N5O7/c36-25-5-4-24(27(37)33-25)35-28(38)22-2-1-3-23(26(22)29(35)39)32-12-16-40-18-20-42-21-19-41-17-15-34-13-8-30(9-14-34)6-10-31-11-7-30/h1-3,24,31-32H,4-21H2,(H,33,36,37). The summed E-state index contributed by atoms with van der Waals surface area (Å²) in [5.41, 5.74) is 1.57. The Labute approximate surface area is 246 Å². The second-order valence-corrected chi connectivity index (χ2v) is 11.5. The van der Waals surface area contributed by atoms with E-state index in [-0.39, 0.29) is 24.0 Å². The van der Waals surface area contributed by atoms with Crippen molar-refractivity contribution < 1.29 is 33.4 Å². The van der Waals surface area contributed by atoms with E-state index in [4.69, 9.17) is 14.2 Å². The topological polar surface area (TPSA) is 139 Å². The number of hydrogen-bond acceptors (Lipinski definition) is 10. The molecule has 1 unspecified atom stereocenters. The molecule has 4 heterocycles. The van der Waals surface area contributed by atoms with Gasteiger partial charge < -0.3 is 29.7 Å². The number of imide groups is 2. The van der Waals surface area contributed by atoms with Gasteiger partial charge in [0.05, 0.1) is 50.8 Å². The fraction of sp³-hybridized carbons (Fsp3) is 0.667. The minimum Gasteiger partial charge on any atom is -0.382 e. The van der Waals surface area contributed by atoms with Crippen molar-refractivity contribution in [1.29, 1.82) is 0 Å². The summed E-state index contributed by atoms with van der Waals surface area (Å²) in [6, 6.07) is 3.99. The molecular formula is C30H43N5O7. The van der Waals surface area contributed by atoms with Crippen molar-refractivity contribution in [2.24, 2.45) is 5.41 Å². The number of amides is 4. The first-order valence-corrected chi connectivity index (χ1v) is 15.2. The molecule has 5 rings (SSSR count). The SMILES string of the molecule is O=C1CCC(N2C(=O)c3cccc(NCCOCCOCCOCCN4CCC5(CCNCC5)CC4)c3C2=O)C(=O)N1. The number of piperidine rings is 3. The van der Waals surface area contributed by atoms with E-state index in [0.717, 1.165) is 18.1 Å². The van der Waals surface area contributed by atoms with Gasteiger partial charge in [-0.3, -0.25) is 29.4 Å². The van der Waals surface area contributed by atoms with Gasteiger partial charge in [0, 0.05) is 25.2 Å². The van der Waals surface area contributed by atoms with Crippen LogP contribution in [0, 0.1) is 5.41 Å². The third-order valence-electron chi connectivity index (χ3n) is 8.91. The minimum atomic E-state index is -0.988. The average molecular weight is 586 g/mol. The summed E-state index contributed by atoms with van der Waals surface area (Å²) in [5.74, 6) is -2.09. The van der Waals surface area contributed by atoms with Gasteiger partial charge in [0.1, 0.15) is 6.04 Å². The second kappa shape index (κ2) is 14.5. The Hall–Kier alpha value is -2.90. The molecule has 0 radical (unpaired) electrons. The average Bonchev–Trinajstić information content (AvgIpc) is 3.25. The van der Waals surface area contributed by atoms with Gasteiger partial charge >= 0.3 is 0 Å². The Balaban J connectivity index is 0.910. The summed E-state index contributed by atoms with van der Waals surface area (Å²) in [6.07, 6.45) is 5.46. The van der Waals surface area contributed by atoms with Crippen LogP contribution in [0.5, 0.6) is 0 Å². The molecule has 0 saturated carbocycles. The highest BCUT2D eigenvalue weighted by molar-refractivity contribution is 6.25. The van der Waals surface area contributed by atoms with Crippen LogP contribution in [0.3, 0.4) is 0 Å². The van der Waals surface area contributed by atoms with E-state index in [0.29, 0.717) is 50.7 Å². The zero-order valence-corrected chi connectivity index (χ0v) is 24.3. The van der Waals surface area contributed by atoms with Crippen LogP contribution in [0.1, 0.15) is 59.2 Å². The van der Waals surface area contributed by atoms with Crippen molar-refractivity contribution in [3.8, 4) is 0 Å². The lowest BCUT2D eigenvalue weighted by Gasteiger charge is -2.44. The maximum atomic E-state index is 13.1. The van der Waals surface area contributed by atoms with Gasteiger partial charge in [-0.15, -0.1) is 0 Å². The quantitative estimate of drug-likeness (QED) is 0.214. The smallest absolute Gasteiger partial charge is 0.264 e. The molecule has 1 aromatic rings. The molecule has 1 aromatic carbocycles. The highest BCUT2D eigenvalue weighted by atomic mass is 16.5. The normalized spacial score (nSPS) is 22.5. The molecule has 0 aliphatic carbocycles. The van der Waals surface area contributed by atoms with Gasteiger partial charge in [0.25, 0.3) is 11.8 Å². The molecule has 4 aliphatic rings. The summed E-state index contributed by atoms with van der Waals surface area (Å²) in [6.45, 7) is 9.17. The molecule has 12 heteroatoms. The van der Waals surface area contributed by atoms with Crippen molar-refractivity contribution >= 4 is 29.3 Å². The predicted molar refractivity (Wildman–Crippen MR) is 154 cm³/mol. The summed E-state index contributed by atoms with van der Waals surface area (Å²) in [5, 5.41) is 8.85. The summed E-state index contributed by atoms with van der Waals surface area (Å²) in [4.78, 5) is 53.3. The van der Waals surface area contributed by atoms with Crippen LogP contribution >= 0.6 is 0 Å². The van der Waals surface area contributed by atoms with Crippen molar-refractivity contribution in [3.05, 3.63) is 29.3 Å². The van der Waals surface area contributed by atoms with Crippen molar-refractivity contribution in [2.45, 2.75) is 44.6 Å². The number of nitrogens with zero attached hydrogens (tertiary/aromatic N) is 2. The van der Waals surface area contributed by atoms with Gasteiger partial charge in [0.2, 0.25) is 11.8 Å². The van der Waals surface area contributed by atoms with E-state index in [1.807, 2.05) is 0 Å². The lowest BCUT2D eigenvalue weighted by Crippen LogP contribution is -2.54. The van der Waals surface area contributed by atoms with Gasteiger partial charge in [-0.25, -0.2) is 0 Å². The van der Waals surface area contributed by atoms with E-state index < -0.39 is 29.7 Å². The zero-order valence-electron chi connectivity index (χ0n) is 24.3. The lowest BCUT2D eigenvalue weighted by atomic mass is 9.71. The molecule has 12 nitrogen and oxygen atoms in total. The van der Waals surface area contributed by atoms with Crippen LogP contribution in [0.4, 0.5) is 5.69 Å². The van der Waals surface area contributed by atoms with E-state index >= 15 is 0 Å². The molecule has 42 heavy (non-hydrogen) atoms. The van der Waals surface area contributed by atoms with Crippen LogP contribution < -0.4 is 16.0 Å². The van der Waals surface area contributed by atoms with Crippen LogP contribution in [0.15, 0.2) is 18.2 Å². The van der Waals surface area contributed by atoms with Gasteiger partial charge in [-0.2, -0.15) is 0 Å². The Morgan fingerprint density at radius 3 is 2.26 bits per heavy atom. The molecule has 0 aromatic heterocycles. The van der Waals surface area contributed by atoms with Crippen molar-refractivity contribution in [1.82, 2.24) is 20.4 Å². The number of rotatable bonds is 14. The van der Waals surface area contributed by atoms with Crippen molar-refractivity contribution in [2.75, 3.05) is 84.2 Å². The molecule has 1 spiro atoms. The van der Waals surface area contributed by atoms with Crippen molar-refractivity contribution in [3.63, 3.8) is 0 Å². The second-order valence-electron chi connectivity index (χ2n) is 11.5. The van der Waals surface area contributed by atoms with Crippen LogP contribution in [-0.4, -0.2) is 118 Å². The molecule has 3 N–H and O–H groups in total. The largest absolute Gasteiger partial charge is 0.382 e. The number of hydrogen-bond donors (Lipinski definition) is 3. The third-order valence-corrected chi connectivity index (χ3v) is 8.91. The first kappa shape index (κ1) is 30.6. The number of benzene rings is 1. The molecular weight excluding hydrogens is 542 g/mol. The van der Waals surface area contributed by atoms with Crippen LogP contribution in [0.25, 0.3) is 0 Å². The number of carbonyl (C=O) groups is 4. The first-order chi connectivity index (χ1) is 20.5. The molecule has 3 fully saturated rings. The zero-order chi connectivity index (χ0) is 29.4. The van der Waals surface area contributed by atoms with E-state index in [1.54, 1.807) is 18.2 Å². The summed E-state index contributed by atoms with van der Waals surface area (Å²) in [7, 11) is 0. The monoisotopic (exact) mass is 585 g/mol. The number of nitrogens with one attached hydrogen (secondary N) is 3. The Bertz CT molecular complexity index is 1130. The molecule has 1 atom stereocenters. The molecule has 230 valence electrons. The fourth-order valence-electron chi connectivity index (χ4n) is 6.36. The number of ether oxygens (including phenoxy) is 3. The van der Waals surface area contributed by atoms with Crippen LogP contribution in [-0.2, 0) is 23.8 Å². The Morgan fingerprint density at radius 1 is 0.857 bits per heavy atom. The van der Waals surface area contributed by atoms with E-state index in [9.17, 15) is 19.2 Å². The van der Waals surface area contributed by atoms with Crippen LogP contribution in [0.2, 0.25) is 0 Å². The number of likely N-dealkylation sites (tertiary alicyclic amines) is 1. The van der Waals surface area contributed by atoms with Gasteiger partial charge in [-0.05, 0) is 75.8 Å². The maximum Gasteiger partial charge on any atom is 0.264 e. The summed E-state index contributed by atoms with van der Waals surface area (Å²) < 4.78 is 17.0. The van der Waals surface area contributed by atoms with Gasteiger partial charge in [-0.1, -0.05) is 6.07 Å². The van der Waals surface area contributed by atoms with Gasteiger partial charge in [0.15, 0.2) is 0 Å². The highest BCUT2D eigenvalue weighted by Crippen LogP contribution is 2.39. The minimum absolute atomic E-state index is 0.0840.